The molecular weight excluding hydrogens is 212 g/mol. The third-order valence-corrected chi connectivity index (χ3v) is 3.28. The molecule has 0 aliphatic carbocycles. The molecule has 1 aromatic heterocycles. The van der Waals surface area contributed by atoms with Gasteiger partial charge in [0, 0.05) is 24.8 Å². The molecule has 0 atom stereocenters. The third-order valence-electron chi connectivity index (χ3n) is 3.28. The highest BCUT2D eigenvalue weighted by Crippen LogP contribution is 2.20. The smallest absolute Gasteiger partial charge is 0.221 e. The zero-order chi connectivity index (χ0) is 12.8. The summed E-state index contributed by atoms with van der Waals surface area (Å²) in [7, 11) is 0. The molecule has 0 saturated heterocycles. The summed E-state index contributed by atoms with van der Waals surface area (Å²) in [6, 6.07) is 0. The van der Waals surface area contributed by atoms with E-state index < -0.39 is 0 Å². The second kappa shape index (κ2) is 6.42. The van der Waals surface area contributed by atoms with Gasteiger partial charge < -0.3 is 10.6 Å². The summed E-state index contributed by atoms with van der Waals surface area (Å²) in [5.74, 6) is 2.05. The van der Waals surface area contributed by atoms with Crippen molar-refractivity contribution in [2.75, 3.05) is 23.7 Å². The molecule has 0 aliphatic heterocycles. The SMILES string of the molecule is CCC(CC)CN(CC)c1nc(N)ncc1C. The largest absolute Gasteiger partial charge is 0.368 e. The maximum absolute atomic E-state index is 5.67. The Morgan fingerprint density at radius 1 is 1.29 bits per heavy atom. The van der Waals surface area contributed by atoms with Crippen molar-refractivity contribution in [2.24, 2.45) is 5.92 Å². The maximum atomic E-state index is 5.67. The Morgan fingerprint density at radius 3 is 2.47 bits per heavy atom. The number of rotatable bonds is 6. The van der Waals surface area contributed by atoms with Gasteiger partial charge in [0.15, 0.2) is 0 Å². The summed E-state index contributed by atoms with van der Waals surface area (Å²) in [6.45, 7) is 10.7. The Labute approximate surface area is 104 Å². The molecule has 0 saturated carbocycles. The standard InChI is InChI=1S/C13H24N4/c1-5-11(6-2)9-17(7-3)12-10(4)8-15-13(14)16-12/h8,11H,5-7,9H2,1-4H3,(H2,14,15,16). The molecule has 96 valence electrons. The average molecular weight is 236 g/mol. The first-order valence-corrected chi connectivity index (χ1v) is 6.46. The van der Waals surface area contributed by atoms with Gasteiger partial charge in [0.2, 0.25) is 5.95 Å². The summed E-state index contributed by atoms with van der Waals surface area (Å²) >= 11 is 0. The molecule has 0 fully saturated rings. The van der Waals surface area contributed by atoms with Gasteiger partial charge in [-0.15, -0.1) is 0 Å². The Hall–Kier alpha value is -1.32. The van der Waals surface area contributed by atoms with Gasteiger partial charge in [-0.3, -0.25) is 0 Å². The highest BCUT2D eigenvalue weighted by Gasteiger charge is 2.14. The molecule has 0 spiro atoms. The van der Waals surface area contributed by atoms with Gasteiger partial charge in [-0.25, -0.2) is 4.98 Å². The zero-order valence-electron chi connectivity index (χ0n) is 11.4. The van der Waals surface area contributed by atoms with Crippen molar-refractivity contribution >= 4 is 11.8 Å². The highest BCUT2D eigenvalue weighted by atomic mass is 15.2. The second-order valence-corrected chi connectivity index (χ2v) is 4.46. The first-order valence-electron chi connectivity index (χ1n) is 6.46. The minimum absolute atomic E-state index is 0.355. The molecule has 1 aromatic rings. The molecule has 0 radical (unpaired) electrons. The van der Waals surface area contributed by atoms with Crippen molar-refractivity contribution < 1.29 is 0 Å². The van der Waals surface area contributed by atoms with Crippen LogP contribution in [0.25, 0.3) is 0 Å². The Kier molecular flexibility index (Phi) is 5.19. The van der Waals surface area contributed by atoms with Crippen LogP contribution in [0.4, 0.5) is 11.8 Å². The van der Waals surface area contributed by atoms with Crippen LogP contribution in [0.2, 0.25) is 0 Å². The molecule has 0 amide bonds. The number of nitrogens with zero attached hydrogens (tertiary/aromatic N) is 3. The van der Waals surface area contributed by atoms with Crippen LogP contribution in [0.15, 0.2) is 6.20 Å². The summed E-state index contributed by atoms with van der Waals surface area (Å²) in [6.07, 6.45) is 4.20. The van der Waals surface area contributed by atoms with E-state index in [1.54, 1.807) is 6.20 Å². The molecule has 4 nitrogen and oxygen atoms in total. The van der Waals surface area contributed by atoms with E-state index >= 15 is 0 Å². The van der Waals surface area contributed by atoms with Crippen LogP contribution in [0.3, 0.4) is 0 Å². The molecule has 2 N–H and O–H groups in total. The lowest BCUT2D eigenvalue weighted by atomic mass is 10.0. The highest BCUT2D eigenvalue weighted by molar-refractivity contribution is 5.47. The third kappa shape index (κ3) is 3.58. The number of anilines is 2. The lowest BCUT2D eigenvalue weighted by Gasteiger charge is -2.27. The lowest BCUT2D eigenvalue weighted by molar-refractivity contribution is 0.484. The summed E-state index contributed by atoms with van der Waals surface area (Å²) < 4.78 is 0. The number of aromatic nitrogens is 2. The van der Waals surface area contributed by atoms with Crippen molar-refractivity contribution in [1.29, 1.82) is 0 Å². The normalized spacial score (nSPS) is 10.9. The topological polar surface area (TPSA) is 55.0 Å². The zero-order valence-corrected chi connectivity index (χ0v) is 11.4. The van der Waals surface area contributed by atoms with Gasteiger partial charge in [-0.2, -0.15) is 4.98 Å². The predicted molar refractivity (Wildman–Crippen MR) is 73.1 cm³/mol. The number of nitrogen functional groups attached to an aromatic ring is 1. The summed E-state index contributed by atoms with van der Waals surface area (Å²) in [5, 5.41) is 0. The molecule has 1 rings (SSSR count). The number of hydrogen-bond donors (Lipinski definition) is 1. The number of aryl methyl sites for hydroxylation is 1. The quantitative estimate of drug-likeness (QED) is 0.825. The number of nitrogens with two attached hydrogens (primary N) is 1. The molecule has 17 heavy (non-hydrogen) atoms. The van der Waals surface area contributed by atoms with Gasteiger partial charge in [0.1, 0.15) is 5.82 Å². The minimum Gasteiger partial charge on any atom is -0.368 e. The molecule has 0 bridgehead atoms. The van der Waals surface area contributed by atoms with Gasteiger partial charge in [0.05, 0.1) is 0 Å². The molecule has 0 unspecified atom stereocenters. The van der Waals surface area contributed by atoms with Gasteiger partial charge >= 0.3 is 0 Å². The fraction of sp³-hybridized carbons (Fsp3) is 0.692. The Bertz CT molecular complexity index is 347. The lowest BCUT2D eigenvalue weighted by Crippen LogP contribution is -2.30. The summed E-state index contributed by atoms with van der Waals surface area (Å²) in [4.78, 5) is 10.7. The van der Waals surface area contributed by atoms with Crippen molar-refractivity contribution in [1.82, 2.24) is 9.97 Å². The molecular formula is C13H24N4. The molecule has 0 aromatic carbocycles. The molecule has 0 aliphatic rings. The van der Waals surface area contributed by atoms with E-state index in [0.717, 1.165) is 24.5 Å². The van der Waals surface area contributed by atoms with Crippen molar-refractivity contribution in [2.45, 2.75) is 40.5 Å². The van der Waals surface area contributed by atoms with Crippen molar-refractivity contribution in [3.05, 3.63) is 11.8 Å². The minimum atomic E-state index is 0.355. The van der Waals surface area contributed by atoms with Crippen LogP contribution < -0.4 is 10.6 Å². The fourth-order valence-corrected chi connectivity index (χ4v) is 1.99. The van der Waals surface area contributed by atoms with Crippen LogP contribution in [0.5, 0.6) is 0 Å². The van der Waals surface area contributed by atoms with E-state index in [2.05, 4.69) is 35.6 Å². The van der Waals surface area contributed by atoms with Gasteiger partial charge in [0.25, 0.3) is 0 Å². The molecule has 4 heteroatoms. The van der Waals surface area contributed by atoms with Crippen LogP contribution in [0.1, 0.15) is 39.2 Å². The average Bonchev–Trinajstić information content (AvgIpc) is 2.34. The van der Waals surface area contributed by atoms with E-state index in [1.165, 1.54) is 12.8 Å². The first-order chi connectivity index (χ1) is 8.12. The second-order valence-electron chi connectivity index (χ2n) is 4.46. The van der Waals surface area contributed by atoms with E-state index in [-0.39, 0.29) is 0 Å². The van der Waals surface area contributed by atoms with Crippen LogP contribution in [-0.2, 0) is 0 Å². The first kappa shape index (κ1) is 13.7. The summed E-state index contributed by atoms with van der Waals surface area (Å²) in [5.41, 5.74) is 6.76. The molecule has 1 heterocycles. The number of hydrogen-bond acceptors (Lipinski definition) is 4. The monoisotopic (exact) mass is 236 g/mol. The fourth-order valence-electron chi connectivity index (χ4n) is 1.99. The Balaban J connectivity index is 2.89. The van der Waals surface area contributed by atoms with E-state index in [4.69, 9.17) is 5.73 Å². The maximum Gasteiger partial charge on any atom is 0.221 e. The van der Waals surface area contributed by atoms with Crippen molar-refractivity contribution in [3.63, 3.8) is 0 Å². The van der Waals surface area contributed by atoms with E-state index in [9.17, 15) is 0 Å². The van der Waals surface area contributed by atoms with E-state index in [1.807, 2.05) is 6.92 Å². The predicted octanol–water partition coefficient (Wildman–Crippen LogP) is 2.63. The Morgan fingerprint density at radius 2 is 1.94 bits per heavy atom. The van der Waals surface area contributed by atoms with Crippen LogP contribution in [0, 0.1) is 12.8 Å². The van der Waals surface area contributed by atoms with E-state index in [0.29, 0.717) is 11.9 Å². The van der Waals surface area contributed by atoms with Crippen molar-refractivity contribution in [3.8, 4) is 0 Å². The van der Waals surface area contributed by atoms with Crippen LogP contribution >= 0.6 is 0 Å². The van der Waals surface area contributed by atoms with Gasteiger partial charge in [-0.05, 0) is 19.8 Å². The van der Waals surface area contributed by atoms with Crippen LogP contribution in [-0.4, -0.2) is 23.1 Å². The van der Waals surface area contributed by atoms with Gasteiger partial charge in [-0.1, -0.05) is 26.7 Å².